The second-order valence-corrected chi connectivity index (χ2v) is 7.84. The normalized spacial score (nSPS) is 12.0. The van der Waals surface area contributed by atoms with Crippen molar-refractivity contribution in [2.24, 2.45) is 5.73 Å². The van der Waals surface area contributed by atoms with E-state index < -0.39 is 0 Å². The molecular weight excluding hydrogens is 404 g/mol. The van der Waals surface area contributed by atoms with Crippen molar-refractivity contribution in [2.45, 2.75) is 33.0 Å². The first-order chi connectivity index (χ1) is 15.4. The minimum Gasteiger partial charge on any atom is -0.383 e. The van der Waals surface area contributed by atoms with Crippen LogP contribution in [0.3, 0.4) is 0 Å². The third kappa shape index (κ3) is 4.00. The average Bonchev–Trinajstić information content (AvgIpc) is 3.13. The Labute approximate surface area is 185 Å². The summed E-state index contributed by atoms with van der Waals surface area (Å²) >= 11 is 0. The van der Waals surface area contributed by atoms with Crippen LogP contribution in [0.15, 0.2) is 41.3 Å². The first-order valence-electron chi connectivity index (χ1n) is 10.4. The van der Waals surface area contributed by atoms with E-state index >= 15 is 0 Å². The van der Waals surface area contributed by atoms with Gasteiger partial charge in [-0.15, -0.1) is 5.92 Å². The number of fused-ring (bicyclic) bond motifs is 2. The van der Waals surface area contributed by atoms with Crippen LogP contribution in [0.25, 0.3) is 21.8 Å². The Balaban J connectivity index is 1.81. The van der Waals surface area contributed by atoms with Crippen LogP contribution in [0.1, 0.15) is 19.5 Å². The number of hydrogen-bond donors (Lipinski definition) is 2. The number of nitrogen functional groups attached to an aromatic ring is 1. The van der Waals surface area contributed by atoms with E-state index in [2.05, 4.69) is 26.9 Å². The van der Waals surface area contributed by atoms with Crippen LogP contribution in [-0.4, -0.2) is 43.9 Å². The van der Waals surface area contributed by atoms with Gasteiger partial charge < -0.3 is 16.4 Å². The van der Waals surface area contributed by atoms with Crippen molar-refractivity contribution >= 4 is 33.6 Å². The molecule has 0 saturated heterocycles. The summed E-state index contributed by atoms with van der Waals surface area (Å²) in [6.45, 7) is 4.81. The zero-order valence-electron chi connectivity index (χ0n) is 18.4. The molecule has 1 atom stereocenters. The number of anilines is 2. The lowest BCUT2D eigenvalue weighted by atomic mass is 10.1. The van der Waals surface area contributed by atoms with Gasteiger partial charge in [0.2, 0.25) is 5.95 Å². The molecule has 9 heteroatoms. The molecule has 0 aliphatic rings. The summed E-state index contributed by atoms with van der Waals surface area (Å²) in [5.41, 5.74) is 13.5. The van der Waals surface area contributed by atoms with Crippen molar-refractivity contribution in [1.29, 1.82) is 0 Å². The molecule has 0 bridgehead atoms. The highest BCUT2D eigenvalue weighted by molar-refractivity contribution is 5.91. The number of nitrogens with zero attached hydrogens (tertiary/aromatic N) is 6. The molecule has 0 aliphatic carbocycles. The number of imidazole rings is 1. The van der Waals surface area contributed by atoms with E-state index in [0.717, 1.165) is 10.8 Å². The Morgan fingerprint density at radius 3 is 2.78 bits per heavy atom. The van der Waals surface area contributed by atoms with Gasteiger partial charge in [0.05, 0.1) is 25.0 Å². The number of pyridine rings is 1. The molecular formula is C23H26N8O. The highest BCUT2D eigenvalue weighted by Gasteiger charge is 2.19. The van der Waals surface area contributed by atoms with Gasteiger partial charge in [0.25, 0.3) is 5.56 Å². The SMILES string of the molecule is CC#CCn1c(N(C)CC(C)N)nc2cnn(Cc3cc4ccccc4c(N)n3)c(=O)c21. The summed E-state index contributed by atoms with van der Waals surface area (Å²) < 4.78 is 3.20. The van der Waals surface area contributed by atoms with E-state index in [0.29, 0.717) is 41.6 Å². The summed E-state index contributed by atoms with van der Waals surface area (Å²) in [4.78, 5) is 24.4. The van der Waals surface area contributed by atoms with Gasteiger partial charge in [0, 0.05) is 25.0 Å². The molecule has 164 valence electrons. The van der Waals surface area contributed by atoms with E-state index in [1.807, 2.05) is 53.8 Å². The predicted octanol–water partition coefficient (Wildman–Crippen LogP) is 1.58. The molecule has 4 N–H and O–H groups in total. The third-order valence-electron chi connectivity index (χ3n) is 5.18. The Morgan fingerprint density at radius 2 is 2.03 bits per heavy atom. The molecule has 0 amide bonds. The van der Waals surface area contributed by atoms with Crippen molar-refractivity contribution in [3.05, 3.63) is 52.6 Å². The minimum atomic E-state index is -0.262. The van der Waals surface area contributed by atoms with Crippen molar-refractivity contribution < 1.29 is 0 Å². The molecule has 3 heterocycles. The molecule has 1 aromatic carbocycles. The van der Waals surface area contributed by atoms with Crippen LogP contribution in [0.4, 0.5) is 11.8 Å². The molecule has 32 heavy (non-hydrogen) atoms. The zero-order valence-corrected chi connectivity index (χ0v) is 18.4. The average molecular weight is 431 g/mol. The van der Waals surface area contributed by atoms with Crippen molar-refractivity contribution in [1.82, 2.24) is 24.3 Å². The molecule has 4 rings (SSSR count). The second-order valence-electron chi connectivity index (χ2n) is 7.84. The maximum absolute atomic E-state index is 13.4. The highest BCUT2D eigenvalue weighted by atomic mass is 16.1. The molecule has 0 aliphatic heterocycles. The van der Waals surface area contributed by atoms with Crippen LogP contribution in [0.2, 0.25) is 0 Å². The van der Waals surface area contributed by atoms with Crippen LogP contribution in [0.5, 0.6) is 0 Å². The molecule has 0 spiro atoms. The maximum Gasteiger partial charge on any atom is 0.293 e. The van der Waals surface area contributed by atoms with Crippen LogP contribution >= 0.6 is 0 Å². The summed E-state index contributed by atoms with van der Waals surface area (Å²) in [6, 6.07) is 9.62. The Hall–Kier alpha value is -3.90. The lowest BCUT2D eigenvalue weighted by Crippen LogP contribution is -2.34. The fraction of sp³-hybridized carbons (Fsp3) is 0.304. The van der Waals surface area contributed by atoms with Crippen LogP contribution in [0, 0.1) is 11.8 Å². The molecule has 0 radical (unpaired) electrons. The van der Waals surface area contributed by atoms with Gasteiger partial charge in [-0.05, 0) is 25.3 Å². The number of nitrogens with two attached hydrogens (primary N) is 2. The zero-order chi connectivity index (χ0) is 22.8. The van der Waals surface area contributed by atoms with E-state index in [-0.39, 0.29) is 18.1 Å². The van der Waals surface area contributed by atoms with Gasteiger partial charge in [0.15, 0.2) is 0 Å². The smallest absolute Gasteiger partial charge is 0.293 e. The highest BCUT2D eigenvalue weighted by Crippen LogP contribution is 2.21. The number of benzene rings is 1. The summed E-state index contributed by atoms with van der Waals surface area (Å²) in [6.07, 6.45) is 1.60. The Bertz CT molecular complexity index is 1410. The van der Waals surface area contributed by atoms with Gasteiger partial charge in [-0.2, -0.15) is 5.10 Å². The number of rotatable bonds is 6. The number of aromatic nitrogens is 5. The van der Waals surface area contributed by atoms with Crippen LogP contribution in [-0.2, 0) is 13.1 Å². The lowest BCUT2D eigenvalue weighted by Gasteiger charge is -2.20. The maximum atomic E-state index is 13.4. The minimum absolute atomic E-state index is 0.0512. The Morgan fingerprint density at radius 1 is 1.25 bits per heavy atom. The quantitative estimate of drug-likeness (QED) is 0.446. The van der Waals surface area contributed by atoms with Crippen molar-refractivity contribution in [3.8, 4) is 11.8 Å². The van der Waals surface area contributed by atoms with Crippen LogP contribution < -0.4 is 21.9 Å². The molecule has 3 aromatic heterocycles. The van der Waals surface area contributed by atoms with Gasteiger partial charge >= 0.3 is 0 Å². The van der Waals surface area contributed by atoms with Gasteiger partial charge in [-0.3, -0.25) is 9.36 Å². The topological polar surface area (TPSA) is 121 Å². The predicted molar refractivity (Wildman–Crippen MR) is 127 cm³/mol. The second kappa shape index (κ2) is 8.69. The number of hydrogen-bond acceptors (Lipinski definition) is 7. The first kappa shape index (κ1) is 21.3. The molecule has 9 nitrogen and oxygen atoms in total. The standard InChI is InChI=1S/C23H26N8O/c1-4-5-10-30-20-19(28-23(30)29(3)13-15(2)24)12-26-31(22(20)32)14-17-11-16-8-6-7-9-18(16)21(25)27-17/h6-9,11-12,15H,10,13-14,24H2,1-3H3,(H2,25,27). The molecule has 1 unspecified atom stereocenters. The molecule has 4 aromatic rings. The first-order valence-corrected chi connectivity index (χ1v) is 10.4. The molecule has 0 saturated carbocycles. The fourth-order valence-corrected chi connectivity index (χ4v) is 3.82. The Kier molecular flexibility index (Phi) is 5.79. The van der Waals surface area contributed by atoms with E-state index in [1.165, 1.54) is 4.68 Å². The molecule has 0 fully saturated rings. The third-order valence-corrected chi connectivity index (χ3v) is 5.18. The van der Waals surface area contributed by atoms with Crippen molar-refractivity contribution in [3.63, 3.8) is 0 Å². The summed E-state index contributed by atoms with van der Waals surface area (Å²) in [5, 5.41) is 6.18. The largest absolute Gasteiger partial charge is 0.383 e. The summed E-state index contributed by atoms with van der Waals surface area (Å²) in [7, 11) is 1.90. The van der Waals surface area contributed by atoms with Gasteiger partial charge in [0.1, 0.15) is 16.9 Å². The number of likely N-dealkylation sites (N-methyl/N-ethyl adjacent to an activating group) is 1. The van der Waals surface area contributed by atoms with Gasteiger partial charge in [-0.1, -0.05) is 30.2 Å². The summed E-state index contributed by atoms with van der Waals surface area (Å²) in [5.74, 6) is 6.97. The fourth-order valence-electron chi connectivity index (χ4n) is 3.82. The van der Waals surface area contributed by atoms with E-state index in [9.17, 15) is 4.79 Å². The van der Waals surface area contributed by atoms with E-state index in [1.54, 1.807) is 13.1 Å². The lowest BCUT2D eigenvalue weighted by molar-refractivity contribution is 0.632. The van der Waals surface area contributed by atoms with E-state index in [4.69, 9.17) is 11.5 Å². The monoisotopic (exact) mass is 430 g/mol. The van der Waals surface area contributed by atoms with Crippen molar-refractivity contribution in [2.75, 3.05) is 24.2 Å². The van der Waals surface area contributed by atoms with Gasteiger partial charge in [-0.25, -0.2) is 14.6 Å².